The van der Waals surface area contributed by atoms with Crippen LogP contribution in [-0.2, 0) is 0 Å². The van der Waals surface area contributed by atoms with Gasteiger partial charge in [0, 0.05) is 11.4 Å². The zero-order chi connectivity index (χ0) is 13.3. The fourth-order valence-corrected chi connectivity index (χ4v) is 2.02. The molecule has 18 heavy (non-hydrogen) atoms. The van der Waals surface area contributed by atoms with Crippen LogP contribution >= 0.6 is 0 Å². The van der Waals surface area contributed by atoms with Crippen LogP contribution in [0.3, 0.4) is 0 Å². The first-order chi connectivity index (χ1) is 8.52. The van der Waals surface area contributed by atoms with Crippen LogP contribution in [0.1, 0.15) is 21.6 Å². The van der Waals surface area contributed by atoms with Crippen molar-refractivity contribution in [1.82, 2.24) is 4.98 Å². The van der Waals surface area contributed by atoms with E-state index in [1.165, 1.54) is 0 Å². The highest BCUT2D eigenvalue weighted by atomic mass is 16.5. The Kier molecular flexibility index (Phi) is 3.10. The summed E-state index contributed by atoms with van der Waals surface area (Å²) in [6.07, 6.45) is 0. The van der Waals surface area contributed by atoms with E-state index < -0.39 is 5.91 Å². The fourth-order valence-electron chi connectivity index (χ4n) is 2.02. The first-order valence-corrected chi connectivity index (χ1v) is 5.67. The fraction of sp³-hybridized carbons (Fsp3) is 0.214. The number of benzene rings is 1. The number of nitrogens with two attached hydrogens (primary N) is 1. The van der Waals surface area contributed by atoms with Crippen LogP contribution < -0.4 is 10.5 Å². The molecule has 0 aliphatic heterocycles. The second kappa shape index (κ2) is 4.56. The average molecular weight is 244 g/mol. The van der Waals surface area contributed by atoms with Crippen molar-refractivity contribution in [3.8, 4) is 17.0 Å². The number of carbonyl (C=O) groups excluding carboxylic acids is 1. The minimum absolute atomic E-state index is 0.416. The molecule has 94 valence electrons. The molecule has 0 spiro atoms. The van der Waals surface area contributed by atoms with Crippen molar-refractivity contribution in [3.05, 3.63) is 41.1 Å². The molecule has 0 saturated carbocycles. The Morgan fingerprint density at radius 2 is 2.00 bits per heavy atom. The van der Waals surface area contributed by atoms with Gasteiger partial charge in [0.05, 0.1) is 12.7 Å². The number of primary amides is 1. The van der Waals surface area contributed by atoms with Crippen LogP contribution in [0.4, 0.5) is 0 Å². The predicted molar refractivity (Wildman–Crippen MR) is 70.8 cm³/mol. The highest BCUT2D eigenvalue weighted by Gasteiger charge is 2.11. The summed E-state index contributed by atoms with van der Waals surface area (Å²) in [6.45, 7) is 3.81. The Hall–Kier alpha value is -2.23. The maximum Gasteiger partial charge on any atom is 0.250 e. The van der Waals surface area contributed by atoms with Gasteiger partial charge < -0.3 is 15.5 Å². The van der Waals surface area contributed by atoms with Gasteiger partial charge in [0.2, 0.25) is 0 Å². The summed E-state index contributed by atoms with van der Waals surface area (Å²) >= 11 is 0. The number of amides is 1. The molecule has 0 saturated heterocycles. The Labute approximate surface area is 106 Å². The van der Waals surface area contributed by atoms with Gasteiger partial charge in [0.1, 0.15) is 5.75 Å². The van der Waals surface area contributed by atoms with Crippen molar-refractivity contribution in [3.63, 3.8) is 0 Å². The number of hydrogen-bond donors (Lipinski definition) is 2. The Balaban J connectivity index is 2.46. The Bertz CT molecular complexity index is 600. The number of carbonyl (C=O) groups is 1. The lowest BCUT2D eigenvalue weighted by atomic mass is 10.1. The summed E-state index contributed by atoms with van der Waals surface area (Å²) in [5.41, 5.74) is 9.54. The molecule has 2 aromatic rings. The summed E-state index contributed by atoms with van der Waals surface area (Å²) in [7, 11) is 1.64. The SMILES string of the molecule is COc1ccc(-c2cc(C(N)=O)c(C)[nH]2)cc1C. The molecule has 2 rings (SSSR count). The number of nitrogens with one attached hydrogen (secondary N) is 1. The van der Waals surface area contributed by atoms with Crippen molar-refractivity contribution in [1.29, 1.82) is 0 Å². The molecule has 0 bridgehead atoms. The van der Waals surface area contributed by atoms with E-state index in [2.05, 4.69) is 4.98 Å². The maximum absolute atomic E-state index is 11.2. The number of aromatic amines is 1. The van der Waals surface area contributed by atoms with Crippen LogP contribution in [-0.4, -0.2) is 18.0 Å². The molecule has 1 heterocycles. The van der Waals surface area contributed by atoms with E-state index in [4.69, 9.17) is 10.5 Å². The predicted octanol–water partition coefficient (Wildman–Crippen LogP) is 2.41. The number of aryl methyl sites for hydroxylation is 2. The van der Waals surface area contributed by atoms with E-state index in [0.29, 0.717) is 5.56 Å². The third-order valence-corrected chi connectivity index (χ3v) is 2.99. The molecule has 4 nitrogen and oxygen atoms in total. The normalized spacial score (nSPS) is 10.4. The molecule has 0 unspecified atom stereocenters. The third kappa shape index (κ3) is 2.09. The quantitative estimate of drug-likeness (QED) is 0.870. The molecule has 0 fully saturated rings. The standard InChI is InChI=1S/C14H16N2O2/c1-8-6-10(4-5-13(8)18-3)12-7-11(14(15)17)9(2)16-12/h4-7,16H,1-3H3,(H2,15,17). The van der Waals surface area contributed by atoms with E-state index in [0.717, 1.165) is 28.3 Å². The smallest absolute Gasteiger partial charge is 0.250 e. The number of methoxy groups -OCH3 is 1. The zero-order valence-electron chi connectivity index (χ0n) is 10.7. The summed E-state index contributed by atoms with van der Waals surface area (Å²) in [4.78, 5) is 14.4. The van der Waals surface area contributed by atoms with Crippen LogP contribution in [0.15, 0.2) is 24.3 Å². The number of H-pyrrole nitrogens is 1. The molecule has 0 radical (unpaired) electrons. The van der Waals surface area contributed by atoms with Gasteiger partial charge in [-0.2, -0.15) is 0 Å². The Morgan fingerprint density at radius 1 is 1.28 bits per heavy atom. The van der Waals surface area contributed by atoms with Crippen molar-refractivity contribution in [2.24, 2.45) is 5.73 Å². The third-order valence-electron chi connectivity index (χ3n) is 2.99. The van der Waals surface area contributed by atoms with Gasteiger partial charge in [0.25, 0.3) is 5.91 Å². The van der Waals surface area contributed by atoms with Gasteiger partial charge in [-0.05, 0) is 49.2 Å². The van der Waals surface area contributed by atoms with Crippen LogP contribution in [0.5, 0.6) is 5.75 Å². The van der Waals surface area contributed by atoms with E-state index in [-0.39, 0.29) is 0 Å². The monoisotopic (exact) mass is 244 g/mol. The molecule has 3 N–H and O–H groups in total. The maximum atomic E-state index is 11.2. The van der Waals surface area contributed by atoms with Crippen molar-refractivity contribution in [2.45, 2.75) is 13.8 Å². The van der Waals surface area contributed by atoms with Crippen molar-refractivity contribution >= 4 is 5.91 Å². The van der Waals surface area contributed by atoms with Crippen LogP contribution in [0, 0.1) is 13.8 Å². The van der Waals surface area contributed by atoms with Gasteiger partial charge in [-0.1, -0.05) is 0 Å². The molecular formula is C14H16N2O2. The second-order valence-corrected chi connectivity index (χ2v) is 4.27. The lowest BCUT2D eigenvalue weighted by Gasteiger charge is -2.06. The largest absolute Gasteiger partial charge is 0.496 e. The summed E-state index contributed by atoms with van der Waals surface area (Å²) in [5, 5.41) is 0. The first kappa shape index (κ1) is 12.2. The Morgan fingerprint density at radius 3 is 2.50 bits per heavy atom. The van der Waals surface area contributed by atoms with Gasteiger partial charge in [0.15, 0.2) is 0 Å². The lowest BCUT2D eigenvalue weighted by molar-refractivity contribution is 0.1000. The van der Waals surface area contributed by atoms with Crippen LogP contribution in [0.2, 0.25) is 0 Å². The minimum Gasteiger partial charge on any atom is -0.496 e. The molecule has 4 heteroatoms. The summed E-state index contributed by atoms with van der Waals surface area (Å²) < 4.78 is 5.22. The van der Waals surface area contributed by atoms with Crippen LogP contribution in [0.25, 0.3) is 11.3 Å². The average Bonchev–Trinajstić information content (AvgIpc) is 2.71. The molecular weight excluding hydrogens is 228 g/mol. The highest BCUT2D eigenvalue weighted by Crippen LogP contribution is 2.26. The number of hydrogen-bond acceptors (Lipinski definition) is 2. The number of aromatic nitrogens is 1. The highest BCUT2D eigenvalue weighted by molar-refractivity contribution is 5.95. The molecule has 0 aliphatic carbocycles. The van der Waals surface area contributed by atoms with Gasteiger partial charge in [-0.25, -0.2) is 0 Å². The van der Waals surface area contributed by atoms with Crippen molar-refractivity contribution < 1.29 is 9.53 Å². The topological polar surface area (TPSA) is 68.1 Å². The van der Waals surface area contributed by atoms with Gasteiger partial charge in [-0.15, -0.1) is 0 Å². The van der Waals surface area contributed by atoms with E-state index in [1.54, 1.807) is 13.2 Å². The summed E-state index contributed by atoms with van der Waals surface area (Å²) in [6, 6.07) is 7.64. The van der Waals surface area contributed by atoms with E-state index in [1.807, 2.05) is 32.0 Å². The molecule has 0 aliphatic rings. The molecule has 1 amide bonds. The molecule has 1 aromatic heterocycles. The summed E-state index contributed by atoms with van der Waals surface area (Å²) in [5.74, 6) is 0.428. The van der Waals surface area contributed by atoms with Crippen molar-refractivity contribution in [2.75, 3.05) is 7.11 Å². The zero-order valence-corrected chi connectivity index (χ0v) is 10.7. The van der Waals surface area contributed by atoms with Gasteiger partial charge in [-0.3, -0.25) is 4.79 Å². The second-order valence-electron chi connectivity index (χ2n) is 4.27. The first-order valence-electron chi connectivity index (χ1n) is 5.67. The minimum atomic E-state index is -0.416. The number of ether oxygens (including phenoxy) is 1. The molecule has 1 aromatic carbocycles. The molecule has 0 atom stereocenters. The van der Waals surface area contributed by atoms with E-state index in [9.17, 15) is 4.79 Å². The van der Waals surface area contributed by atoms with E-state index >= 15 is 0 Å². The van der Waals surface area contributed by atoms with Gasteiger partial charge >= 0.3 is 0 Å². The number of rotatable bonds is 3. The lowest BCUT2D eigenvalue weighted by Crippen LogP contribution is -2.10.